The zero-order valence-electron chi connectivity index (χ0n) is 19.1. The van der Waals surface area contributed by atoms with E-state index in [2.05, 4.69) is 60.4 Å². The van der Waals surface area contributed by atoms with E-state index in [1.807, 2.05) is 38.4 Å². The molecule has 0 saturated carbocycles. The Kier molecular flexibility index (Phi) is 6.81. The van der Waals surface area contributed by atoms with Gasteiger partial charge in [-0.05, 0) is 54.9 Å². The smallest absolute Gasteiger partial charge is 0.273 e. The van der Waals surface area contributed by atoms with Gasteiger partial charge in [-0.2, -0.15) is 0 Å². The van der Waals surface area contributed by atoms with Gasteiger partial charge >= 0.3 is 0 Å². The van der Waals surface area contributed by atoms with Crippen LogP contribution in [0, 0.1) is 0 Å². The molecular weight excluding hydrogens is 390 g/mol. The van der Waals surface area contributed by atoms with Crippen molar-refractivity contribution in [3.8, 4) is 17.1 Å². The minimum Gasteiger partial charge on any atom is -0.497 e. The molecule has 164 valence electrons. The third-order valence-electron chi connectivity index (χ3n) is 5.36. The maximum absolute atomic E-state index is 12.7. The lowest BCUT2D eigenvalue weighted by atomic mass is 9.86. The highest BCUT2D eigenvalue weighted by atomic mass is 16.5. The van der Waals surface area contributed by atoms with Crippen LogP contribution in [-0.2, 0) is 5.41 Å². The van der Waals surface area contributed by atoms with Crippen LogP contribution in [0.3, 0.4) is 0 Å². The summed E-state index contributed by atoms with van der Waals surface area (Å²) in [6.07, 6.45) is 0. The van der Waals surface area contributed by atoms with Gasteiger partial charge in [-0.3, -0.25) is 4.79 Å². The lowest BCUT2D eigenvalue weighted by molar-refractivity contribution is 0.0933. The Morgan fingerprint density at radius 3 is 2.29 bits per heavy atom. The Bertz CT molecular complexity index is 1000. The lowest BCUT2D eigenvalue weighted by Crippen LogP contribution is -2.34. The number of nitrogens with zero attached hydrogens (tertiary/aromatic N) is 2. The summed E-state index contributed by atoms with van der Waals surface area (Å²) in [6, 6.07) is 17.7. The van der Waals surface area contributed by atoms with Gasteiger partial charge in [0.1, 0.15) is 5.75 Å². The minimum atomic E-state index is -0.262. The number of amides is 1. The van der Waals surface area contributed by atoms with E-state index in [1.165, 1.54) is 5.56 Å². The molecule has 1 heterocycles. The van der Waals surface area contributed by atoms with E-state index in [9.17, 15) is 4.79 Å². The third kappa shape index (κ3) is 5.52. The van der Waals surface area contributed by atoms with Gasteiger partial charge in [0.25, 0.3) is 5.91 Å². The highest BCUT2D eigenvalue weighted by Gasteiger charge is 2.20. The summed E-state index contributed by atoms with van der Waals surface area (Å²) in [5, 5.41) is 6.92. The number of carbonyl (C=O) groups is 1. The first kappa shape index (κ1) is 22.6. The fourth-order valence-electron chi connectivity index (χ4n) is 3.36. The first-order chi connectivity index (χ1) is 14.7. The summed E-state index contributed by atoms with van der Waals surface area (Å²) < 4.78 is 10.5. The summed E-state index contributed by atoms with van der Waals surface area (Å²) in [6.45, 7) is 7.06. The Labute approximate surface area is 184 Å². The second-order valence-electron chi connectivity index (χ2n) is 8.87. The molecule has 1 atom stereocenters. The first-order valence-electron chi connectivity index (χ1n) is 10.3. The number of methoxy groups -OCH3 is 1. The molecule has 0 aliphatic carbocycles. The highest BCUT2D eigenvalue weighted by Crippen LogP contribution is 2.26. The molecule has 0 aliphatic rings. The monoisotopic (exact) mass is 421 g/mol. The molecule has 0 bridgehead atoms. The minimum absolute atomic E-state index is 0.0472. The van der Waals surface area contributed by atoms with Gasteiger partial charge in [-0.15, -0.1) is 0 Å². The SMILES string of the molecule is COc1ccc(-c2cc(C(=O)NC[C@H](c3ccc(C(C)(C)C)cc3)N(C)C)no2)cc1. The molecule has 2 aromatic carbocycles. The van der Waals surface area contributed by atoms with Crippen molar-refractivity contribution in [2.45, 2.75) is 32.2 Å². The van der Waals surface area contributed by atoms with Crippen molar-refractivity contribution in [1.82, 2.24) is 15.4 Å². The van der Waals surface area contributed by atoms with Crippen molar-refractivity contribution in [2.75, 3.05) is 27.7 Å². The van der Waals surface area contributed by atoms with Crippen LogP contribution in [-0.4, -0.2) is 43.7 Å². The van der Waals surface area contributed by atoms with Gasteiger partial charge in [-0.25, -0.2) is 0 Å². The van der Waals surface area contributed by atoms with Gasteiger partial charge in [0.05, 0.1) is 13.2 Å². The van der Waals surface area contributed by atoms with Crippen molar-refractivity contribution in [1.29, 1.82) is 0 Å². The second-order valence-corrected chi connectivity index (χ2v) is 8.87. The zero-order valence-corrected chi connectivity index (χ0v) is 19.1. The molecule has 1 amide bonds. The van der Waals surface area contributed by atoms with Crippen molar-refractivity contribution >= 4 is 5.91 Å². The molecule has 0 fully saturated rings. The standard InChI is InChI=1S/C25H31N3O3/c1-25(2,3)19-11-7-17(8-12-19)22(28(4)5)16-26-24(29)21-15-23(31-27-21)18-9-13-20(30-6)14-10-18/h7-15,22H,16H2,1-6H3,(H,26,29)/t22-/m1/s1. The molecule has 0 radical (unpaired) electrons. The largest absolute Gasteiger partial charge is 0.497 e. The summed E-state index contributed by atoms with van der Waals surface area (Å²) in [5.74, 6) is 1.03. The molecule has 0 aliphatic heterocycles. The molecule has 31 heavy (non-hydrogen) atoms. The second kappa shape index (κ2) is 9.35. The molecule has 6 nitrogen and oxygen atoms in total. The maximum Gasteiger partial charge on any atom is 0.273 e. The van der Waals surface area contributed by atoms with Crippen LogP contribution >= 0.6 is 0 Å². The molecule has 1 aromatic heterocycles. The third-order valence-corrected chi connectivity index (χ3v) is 5.36. The number of hydrogen-bond acceptors (Lipinski definition) is 5. The van der Waals surface area contributed by atoms with Crippen LogP contribution in [0.4, 0.5) is 0 Å². The quantitative estimate of drug-likeness (QED) is 0.600. The van der Waals surface area contributed by atoms with E-state index in [1.54, 1.807) is 13.2 Å². The molecule has 0 saturated heterocycles. The fraction of sp³-hybridized carbons (Fsp3) is 0.360. The molecule has 3 aromatic rings. The number of benzene rings is 2. The van der Waals surface area contributed by atoms with Crippen molar-refractivity contribution in [3.63, 3.8) is 0 Å². The topological polar surface area (TPSA) is 67.6 Å². The lowest BCUT2D eigenvalue weighted by Gasteiger charge is -2.26. The van der Waals surface area contributed by atoms with Crippen LogP contribution < -0.4 is 10.1 Å². The molecular formula is C25H31N3O3. The van der Waals surface area contributed by atoms with E-state index in [4.69, 9.17) is 9.26 Å². The van der Waals surface area contributed by atoms with Gasteiger partial charge < -0.3 is 19.5 Å². The number of ether oxygens (including phenoxy) is 1. The van der Waals surface area contributed by atoms with Crippen molar-refractivity contribution in [2.24, 2.45) is 0 Å². The average molecular weight is 422 g/mol. The predicted octanol–water partition coefficient (Wildman–Crippen LogP) is 4.68. The van der Waals surface area contributed by atoms with Gasteiger partial charge in [-0.1, -0.05) is 50.2 Å². The highest BCUT2D eigenvalue weighted by molar-refractivity contribution is 5.93. The Balaban J connectivity index is 1.67. The number of nitrogens with one attached hydrogen (secondary N) is 1. The number of likely N-dealkylation sites (N-methyl/N-ethyl adjacent to an activating group) is 1. The Hall–Kier alpha value is -3.12. The predicted molar refractivity (Wildman–Crippen MR) is 122 cm³/mol. The fourth-order valence-corrected chi connectivity index (χ4v) is 3.36. The van der Waals surface area contributed by atoms with Crippen molar-refractivity contribution in [3.05, 3.63) is 71.4 Å². The van der Waals surface area contributed by atoms with E-state index < -0.39 is 0 Å². The summed E-state index contributed by atoms with van der Waals surface area (Å²) in [7, 11) is 5.63. The van der Waals surface area contributed by atoms with E-state index in [0.29, 0.717) is 12.3 Å². The number of aromatic nitrogens is 1. The number of rotatable bonds is 7. The molecule has 3 rings (SSSR count). The Morgan fingerprint density at radius 1 is 1.10 bits per heavy atom. The summed E-state index contributed by atoms with van der Waals surface area (Å²) in [4.78, 5) is 14.8. The van der Waals surface area contributed by atoms with Gasteiger partial charge in [0, 0.05) is 18.2 Å². The molecule has 0 unspecified atom stereocenters. The number of hydrogen-bond donors (Lipinski definition) is 1. The van der Waals surface area contributed by atoms with Crippen LogP contribution in [0.2, 0.25) is 0 Å². The van der Waals surface area contributed by atoms with E-state index in [0.717, 1.165) is 16.9 Å². The van der Waals surface area contributed by atoms with Crippen molar-refractivity contribution < 1.29 is 14.1 Å². The number of carbonyl (C=O) groups excluding carboxylic acids is 1. The molecule has 0 spiro atoms. The van der Waals surface area contributed by atoms with Gasteiger partial charge in [0.2, 0.25) is 0 Å². The van der Waals surface area contributed by atoms with Crippen LogP contribution in [0.5, 0.6) is 5.75 Å². The summed E-state index contributed by atoms with van der Waals surface area (Å²) in [5.41, 5.74) is 3.63. The maximum atomic E-state index is 12.7. The summed E-state index contributed by atoms with van der Waals surface area (Å²) >= 11 is 0. The first-order valence-corrected chi connectivity index (χ1v) is 10.3. The van der Waals surface area contributed by atoms with Crippen LogP contribution in [0.1, 0.15) is 48.4 Å². The normalized spacial score (nSPS) is 12.6. The van der Waals surface area contributed by atoms with Crippen LogP contribution in [0.25, 0.3) is 11.3 Å². The van der Waals surface area contributed by atoms with Crippen LogP contribution in [0.15, 0.2) is 59.1 Å². The van der Waals surface area contributed by atoms with Gasteiger partial charge in [0.15, 0.2) is 11.5 Å². The Morgan fingerprint density at radius 2 is 1.74 bits per heavy atom. The zero-order chi connectivity index (χ0) is 22.6. The molecule has 1 N–H and O–H groups in total. The van der Waals surface area contributed by atoms with E-state index in [-0.39, 0.29) is 23.1 Å². The van der Waals surface area contributed by atoms with E-state index >= 15 is 0 Å². The average Bonchev–Trinajstić information content (AvgIpc) is 3.24. The molecule has 6 heteroatoms.